The Morgan fingerprint density at radius 2 is 1.77 bits per heavy atom. The molecule has 1 heterocycles. The SMILES string of the molecule is COCCOC(=O)CCC(=O)Nc1ccc(S(=O)(=O)Nc2cc(OC)ncn2)cc1. The highest BCUT2D eigenvalue weighted by molar-refractivity contribution is 7.92. The van der Waals surface area contributed by atoms with Crippen LogP contribution in [0.5, 0.6) is 5.88 Å². The lowest BCUT2D eigenvalue weighted by molar-refractivity contribution is -0.145. The molecule has 162 valence electrons. The highest BCUT2D eigenvalue weighted by Crippen LogP contribution is 2.19. The van der Waals surface area contributed by atoms with Gasteiger partial charge in [0.05, 0.1) is 25.0 Å². The van der Waals surface area contributed by atoms with Crippen LogP contribution in [0.4, 0.5) is 11.5 Å². The minimum Gasteiger partial charge on any atom is -0.481 e. The number of sulfonamides is 1. The van der Waals surface area contributed by atoms with Crippen molar-refractivity contribution in [3.63, 3.8) is 0 Å². The van der Waals surface area contributed by atoms with Gasteiger partial charge in [-0.25, -0.2) is 18.4 Å². The summed E-state index contributed by atoms with van der Waals surface area (Å²) in [6.07, 6.45) is 1.03. The molecule has 1 aromatic carbocycles. The number of esters is 1. The molecule has 0 bridgehead atoms. The Balaban J connectivity index is 1.90. The van der Waals surface area contributed by atoms with Crippen molar-refractivity contribution >= 4 is 33.4 Å². The van der Waals surface area contributed by atoms with Crippen LogP contribution in [0, 0.1) is 0 Å². The second-order valence-corrected chi connectivity index (χ2v) is 7.52. The van der Waals surface area contributed by atoms with Gasteiger partial charge in [-0.3, -0.25) is 14.3 Å². The first-order valence-electron chi connectivity index (χ1n) is 8.77. The lowest BCUT2D eigenvalue weighted by Gasteiger charge is -2.09. The van der Waals surface area contributed by atoms with Crippen molar-refractivity contribution in [2.45, 2.75) is 17.7 Å². The van der Waals surface area contributed by atoms with E-state index < -0.39 is 21.9 Å². The lowest BCUT2D eigenvalue weighted by Crippen LogP contribution is -2.16. The Bertz CT molecular complexity index is 965. The molecule has 0 aliphatic carbocycles. The van der Waals surface area contributed by atoms with Crippen LogP contribution in [-0.4, -0.2) is 57.7 Å². The Hall–Kier alpha value is -3.25. The first-order valence-corrected chi connectivity index (χ1v) is 10.3. The van der Waals surface area contributed by atoms with E-state index in [9.17, 15) is 18.0 Å². The number of aromatic nitrogens is 2. The number of nitrogens with zero attached hydrogens (tertiary/aromatic N) is 2. The highest BCUT2D eigenvalue weighted by atomic mass is 32.2. The van der Waals surface area contributed by atoms with E-state index in [-0.39, 0.29) is 42.6 Å². The summed E-state index contributed by atoms with van der Waals surface area (Å²) in [5.74, 6) is -0.642. The van der Waals surface area contributed by atoms with E-state index in [0.29, 0.717) is 5.69 Å². The molecule has 0 atom stereocenters. The molecule has 2 rings (SSSR count). The number of benzene rings is 1. The van der Waals surface area contributed by atoms with Crippen molar-refractivity contribution in [2.75, 3.05) is 37.5 Å². The first kappa shape index (κ1) is 23.0. The zero-order chi connectivity index (χ0) is 22.0. The van der Waals surface area contributed by atoms with Crippen molar-refractivity contribution in [1.29, 1.82) is 0 Å². The summed E-state index contributed by atoms with van der Waals surface area (Å²) in [6, 6.07) is 6.87. The molecule has 12 heteroatoms. The molecule has 0 aliphatic heterocycles. The van der Waals surface area contributed by atoms with Gasteiger partial charge in [0.2, 0.25) is 11.8 Å². The fraction of sp³-hybridized carbons (Fsp3) is 0.333. The van der Waals surface area contributed by atoms with E-state index in [4.69, 9.17) is 14.2 Å². The molecule has 0 aliphatic rings. The summed E-state index contributed by atoms with van der Waals surface area (Å²) in [5, 5.41) is 2.58. The molecule has 0 saturated carbocycles. The molecule has 1 amide bonds. The summed E-state index contributed by atoms with van der Waals surface area (Å²) in [4.78, 5) is 31.0. The average Bonchev–Trinajstić information content (AvgIpc) is 2.72. The third-order valence-electron chi connectivity index (χ3n) is 3.65. The van der Waals surface area contributed by atoms with Crippen LogP contribution in [0.3, 0.4) is 0 Å². The van der Waals surface area contributed by atoms with Gasteiger partial charge < -0.3 is 19.5 Å². The number of rotatable bonds is 11. The summed E-state index contributed by atoms with van der Waals surface area (Å²) in [6.45, 7) is 0.412. The van der Waals surface area contributed by atoms with Crippen molar-refractivity contribution < 1.29 is 32.2 Å². The number of hydrogen-bond donors (Lipinski definition) is 2. The van der Waals surface area contributed by atoms with E-state index in [1.54, 1.807) is 0 Å². The molecular formula is C18H22N4O7S. The number of nitrogens with one attached hydrogen (secondary N) is 2. The van der Waals surface area contributed by atoms with E-state index in [0.717, 1.165) is 0 Å². The van der Waals surface area contributed by atoms with Crippen LogP contribution in [0.25, 0.3) is 0 Å². The number of anilines is 2. The molecule has 1 aromatic heterocycles. The predicted octanol–water partition coefficient (Wildman–Crippen LogP) is 1.19. The Labute approximate surface area is 173 Å². The maximum absolute atomic E-state index is 12.5. The van der Waals surface area contributed by atoms with Crippen LogP contribution in [0.15, 0.2) is 41.6 Å². The van der Waals surface area contributed by atoms with Gasteiger partial charge in [-0.2, -0.15) is 0 Å². The first-order chi connectivity index (χ1) is 14.3. The molecule has 2 N–H and O–H groups in total. The standard InChI is InChI=1S/C18H22N4O7S/c1-27-9-10-29-18(24)8-7-16(23)21-13-3-5-14(6-4-13)30(25,26)22-15-11-17(28-2)20-12-19-15/h3-6,11-12H,7-10H2,1-2H3,(H,21,23)(H,19,20,22). The fourth-order valence-corrected chi connectivity index (χ4v) is 3.17. The topological polar surface area (TPSA) is 146 Å². The third-order valence-corrected chi connectivity index (χ3v) is 5.02. The normalized spacial score (nSPS) is 10.9. The van der Waals surface area contributed by atoms with Gasteiger partial charge in [-0.15, -0.1) is 0 Å². The van der Waals surface area contributed by atoms with E-state index in [2.05, 4.69) is 20.0 Å². The number of ether oxygens (including phenoxy) is 3. The van der Waals surface area contributed by atoms with Gasteiger partial charge in [-0.05, 0) is 24.3 Å². The van der Waals surface area contributed by atoms with Crippen LogP contribution in [0.1, 0.15) is 12.8 Å². The Kier molecular flexibility index (Phi) is 8.50. The maximum atomic E-state index is 12.5. The molecule has 0 fully saturated rings. The zero-order valence-corrected chi connectivity index (χ0v) is 17.3. The van der Waals surface area contributed by atoms with Crippen molar-refractivity contribution in [3.8, 4) is 5.88 Å². The Morgan fingerprint density at radius 1 is 1.03 bits per heavy atom. The van der Waals surface area contributed by atoms with Crippen molar-refractivity contribution in [1.82, 2.24) is 9.97 Å². The van der Waals surface area contributed by atoms with Crippen LogP contribution in [-0.2, 0) is 29.1 Å². The second-order valence-electron chi connectivity index (χ2n) is 5.84. The smallest absolute Gasteiger partial charge is 0.306 e. The molecular weight excluding hydrogens is 416 g/mol. The molecule has 11 nitrogen and oxygen atoms in total. The summed E-state index contributed by atoms with van der Waals surface area (Å²) in [7, 11) is -1.01. The largest absolute Gasteiger partial charge is 0.481 e. The van der Waals surface area contributed by atoms with Crippen molar-refractivity contribution in [2.24, 2.45) is 0 Å². The molecule has 30 heavy (non-hydrogen) atoms. The predicted molar refractivity (Wildman–Crippen MR) is 107 cm³/mol. The van der Waals surface area contributed by atoms with E-state index in [1.807, 2.05) is 0 Å². The van der Waals surface area contributed by atoms with Gasteiger partial charge in [0.15, 0.2) is 0 Å². The van der Waals surface area contributed by atoms with Crippen LogP contribution < -0.4 is 14.8 Å². The van der Waals surface area contributed by atoms with E-state index in [1.165, 1.54) is 50.9 Å². The lowest BCUT2D eigenvalue weighted by atomic mass is 10.2. The second kappa shape index (κ2) is 11.1. The number of carbonyl (C=O) groups is 2. The molecule has 0 radical (unpaired) electrons. The van der Waals surface area contributed by atoms with Gasteiger partial charge >= 0.3 is 5.97 Å². The quantitative estimate of drug-likeness (QED) is 0.390. The van der Waals surface area contributed by atoms with Crippen molar-refractivity contribution in [3.05, 3.63) is 36.7 Å². The molecule has 0 saturated heterocycles. The van der Waals surface area contributed by atoms with Crippen LogP contribution in [0.2, 0.25) is 0 Å². The highest BCUT2D eigenvalue weighted by Gasteiger charge is 2.16. The number of methoxy groups -OCH3 is 2. The van der Waals surface area contributed by atoms with Crippen LogP contribution >= 0.6 is 0 Å². The van der Waals surface area contributed by atoms with E-state index >= 15 is 0 Å². The summed E-state index contributed by atoms with van der Waals surface area (Å²) < 4.78 is 41.8. The zero-order valence-electron chi connectivity index (χ0n) is 16.5. The maximum Gasteiger partial charge on any atom is 0.306 e. The minimum atomic E-state index is -3.90. The van der Waals surface area contributed by atoms with Gasteiger partial charge in [0, 0.05) is 25.3 Å². The summed E-state index contributed by atoms with van der Waals surface area (Å²) in [5.41, 5.74) is 0.385. The number of amides is 1. The van der Waals surface area contributed by atoms with Gasteiger partial charge in [0.1, 0.15) is 18.8 Å². The third kappa shape index (κ3) is 7.29. The Morgan fingerprint density at radius 3 is 2.43 bits per heavy atom. The van der Waals surface area contributed by atoms with Gasteiger partial charge in [-0.1, -0.05) is 0 Å². The van der Waals surface area contributed by atoms with Gasteiger partial charge in [0.25, 0.3) is 10.0 Å². The number of hydrogen-bond acceptors (Lipinski definition) is 9. The average molecular weight is 438 g/mol. The summed E-state index contributed by atoms with van der Waals surface area (Å²) >= 11 is 0. The molecule has 0 spiro atoms. The fourth-order valence-electron chi connectivity index (χ4n) is 2.17. The minimum absolute atomic E-state index is 0.0280. The molecule has 0 unspecified atom stereocenters. The monoisotopic (exact) mass is 438 g/mol. The molecule has 2 aromatic rings. The number of carbonyl (C=O) groups excluding carboxylic acids is 2.